The number of hydrogen-bond acceptors (Lipinski definition) is 4. The maximum absolute atomic E-state index is 11.2. The molecule has 1 heterocycles. The number of likely N-dealkylation sites (N-methyl/N-ethyl adjacent to an activating group) is 1. The maximum Gasteiger partial charge on any atom is 0.345 e. The number of amidine groups is 1. The van der Waals surface area contributed by atoms with Gasteiger partial charge in [-0.1, -0.05) is 30.1 Å². The maximum atomic E-state index is 11.2. The average molecular weight is 302 g/mol. The molecule has 2 rings (SSSR count). The summed E-state index contributed by atoms with van der Waals surface area (Å²) in [6.07, 6.45) is -0.920. The molecule has 0 spiro atoms. The van der Waals surface area contributed by atoms with Gasteiger partial charge in [0, 0.05) is 11.6 Å². The minimum absolute atomic E-state index is 0.450. The molecular weight excluding hydrogens is 289 g/mol. The van der Waals surface area contributed by atoms with Gasteiger partial charge in [-0.05, 0) is 25.1 Å². The van der Waals surface area contributed by atoms with Crippen molar-refractivity contribution in [2.75, 3.05) is 11.6 Å². The van der Waals surface area contributed by atoms with Crippen molar-refractivity contribution in [3.8, 4) is 0 Å². The highest BCUT2D eigenvalue weighted by atomic mass is 35.5. The summed E-state index contributed by atoms with van der Waals surface area (Å²) in [7, 11) is 0. The first-order valence-electron chi connectivity index (χ1n) is 5.74. The van der Waals surface area contributed by atoms with Crippen LogP contribution in [-0.4, -0.2) is 34.6 Å². The molecule has 0 saturated carbocycles. The fourth-order valence-corrected chi connectivity index (χ4v) is 2.54. The van der Waals surface area contributed by atoms with E-state index in [-0.39, 0.29) is 0 Å². The molecule has 0 saturated heterocycles. The lowest BCUT2D eigenvalue weighted by Gasteiger charge is -2.31. The number of halogens is 2. The Bertz CT molecular complexity index is 548. The van der Waals surface area contributed by atoms with Crippen LogP contribution in [0, 0.1) is 0 Å². The van der Waals surface area contributed by atoms with Crippen molar-refractivity contribution in [1.82, 2.24) is 5.01 Å². The number of rotatable bonds is 3. The second kappa shape index (κ2) is 5.36. The second-order valence-corrected chi connectivity index (χ2v) is 4.90. The van der Waals surface area contributed by atoms with Crippen molar-refractivity contribution < 1.29 is 9.90 Å². The molecule has 7 heteroatoms. The molecule has 0 aliphatic carbocycles. The molecule has 1 aliphatic heterocycles. The lowest BCUT2D eigenvalue weighted by Crippen LogP contribution is -2.47. The van der Waals surface area contributed by atoms with Crippen LogP contribution in [0.3, 0.4) is 0 Å². The van der Waals surface area contributed by atoms with E-state index < -0.39 is 12.1 Å². The zero-order chi connectivity index (χ0) is 14.2. The topological polar surface area (TPSA) is 56.1 Å². The lowest BCUT2D eigenvalue weighted by atomic mass is 10.3. The fourth-order valence-electron chi connectivity index (χ4n) is 2.06. The van der Waals surface area contributed by atoms with Crippen molar-refractivity contribution in [3.63, 3.8) is 0 Å². The summed E-state index contributed by atoms with van der Waals surface area (Å²) in [4.78, 5) is 15.3. The second-order valence-electron chi connectivity index (χ2n) is 4.05. The van der Waals surface area contributed by atoms with Crippen LogP contribution in [-0.2, 0) is 4.79 Å². The van der Waals surface area contributed by atoms with Crippen molar-refractivity contribution in [1.29, 1.82) is 0 Å². The minimum Gasteiger partial charge on any atom is -0.479 e. The molecule has 0 amide bonds. The third kappa shape index (κ3) is 2.54. The molecule has 0 radical (unpaired) electrons. The largest absolute Gasteiger partial charge is 0.479 e. The molecule has 0 bridgehead atoms. The van der Waals surface area contributed by atoms with Gasteiger partial charge in [0.15, 0.2) is 0 Å². The quantitative estimate of drug-likeness (QED) is 0.933. The number of aliphatic imine (C=N–C) groups is 1. The van der Waals surface area contributed by atoms with E-state index in [0.717, 1.165) is 0 Å². The van der Waals surface area contributed by atoms with Crippen LogP contribution >= 0.6 is 23.2 Å². The van der Waals surface area contributed by atoms with Gasteiger partial charge in [0.1, 0.15) is 5.84 Å². The summed E-state index contributed by atoms with van der Waals surface area (Å²) in [6.45, 7) is 4.11. The molecule has 0 fully saturated rings. The summed E-state index contributed by atoms with van der Waals surface area (Å²) in [5.41, 5.74) is 0.665. The number of aliphatic carboxylic acids is 1. The van der Waals surface area contributed by atoms with Gasteiger partial charge in [0.2, 0.25) is 6.17 Å². The number of benzene rings is 1. The average Bonchev–Trinajstić information content (AvgIpc) is 2.66. The number of anilines is 1. The first-order valence-corrected chi connectivity index (χ1v) is 6.50. The summed E-state index contributed by atoms with van der Waals surface area (Å²) >= 11 is 12.0. The summed E-state index contributed by atoms with van der Waals surface area (Å²) in [5.74, 6) is -0.410. The highest BCUT2D eigenvalue weighted by Crippen LogP contribution is 2.33. The fraction of sp³-hybridized carbons (Fsp3) is 0.333. The summed E-state index contributed by atoms with van der Waals surface area (Å²) in [5, 5.41) is 13.5. The molecule has 1 aromatic carbocycles. The molecule has 1 aliphatic rings. The van der Waals surface area contributed by atoms with Crippen LogP contribution < -0.4 is 5.01 Å². The monoisotopic (exact) mass is 301 g/mol. The standard InChI is InChI=1S/C12H13Cl2N3O2/c1-3-16-11(12(18)19)15-7(2)17(16)10-5-4-8(13)6-9(10)14/h4-6,11H,3H2,1-2H3,(H,18,19). The van der Waals surface area contributed by atoms with E-state index in [2.05, 4.69) is 4.99 Å². The molecule has 19 heavy (non-hydrogen) atoms. The number of hydrogen-bond donors (Lipinski definition) is 1. The highest BCUT2D eigenvalue weighted by molar-refractivity contribution is 6.36. The Labute approximate surface area is 121 Å². The highest BCUT2D eigenvalue weighted by Gasteiger charge is 2.37. The summed E-state index contributed by atoms with van der Waals surface area (Å²) < 4.78 is 0. The van der Waals surface area contributed by atoms with E-state index in [1.54, 1.807) is 35.1 Å². The predicted octanol–water partition coefficient (Wildman–Crippen LogP) is 2.88. The number of hydrazine groups is 1. The Morgan fingerprint density at radius 1 is 1.47 bits per heavy atom. The van der Waals surface area contributed by atoms with Crippen LogP contribution in [0.1, 0.15) is 13.8 Å². The SMILES string of the molecule is CCN1C(C(=O)O)N=C(C)N1c1ccc(Cl)cc1Cl. The Morgan fingerprint density at radius 3 is 2.68 bits per heavy atom. The van der Waals surface area contributed by atoms with E-state index in [9.17, 15) is 9.90 Å². The lowest BCUT2D eigenvalue weighted by molar-refractivity contribution is -0.142. The first-order chi connectivity index (χ1) is 8.95. The molecule has 1 unspecified atom stereocenters. The van der Waals surface area contributed by atoms with Gasteiger partial charge in [-0.15, -0.1) is 0 Å². The van der Waals surface area contributed by atoms with Crippen LogP contribution in [0.5, 0.6) is 0 Å². The Hall–Kier alpha value is -1.30. The van der Waals surface area contributed by atoms with Crippen molar-refractivity contribution in [2.45, 2.75) is 20.0 Å². The third-order valence-corrected chi connectivity index (χ3v) is 3.38. The smallest absolute Gasteiger partial charge is 0.345 e. The Kier molecular flexibility index (Phi) is 3.99. The number of carboxylic acids is 1. The third-order valence-electron chi connectivity index (χ3n) is 2.84. The van der Waals surface area contributed by atoms with Crippen LogP contribution in [0.4, 0.5) is 5.69 Å². The predicted molar refractivity (Wildman–Crippen MR) is 75.9 cm³/mol. The molecule has 102 valence electrons. The molecule has 5 nitrogen and oxygen atoms in total. The Balaban J connectivity index is 2.43. The van der Waals surface area contributed by atoms with Gasteiger partial charge in [-0.3, -0.25) is 5.01 Å². The zero-order valence-corrected chi connectivity index (χ0v) is 12.0. The number of nitrogens with zero attached hydrogens (tertiary/aromatic N) is 3. The van der Waals surface area contributed by atoms with Crippen molar-refractivity contribution >= 4 is 40.7 Å². The first kappa shape index (κ1) is 14.1. The molecule has 1 N–H and O–H groups in total. The van der Waals surface area contributed by atoms with Crippen molar-refractivity contribution in [3.05, 3.63) is 28.2 Å². The van der Waals surface area contributed by atoms with Crippen molar-refractivity contribution in [2.24, 2.45) is 4.99 Å². The molecule has 0 aromatic heterocycles. The normalized spacial score (nSPS) is 19.7. The van der Waals surface area contributed by atoms with Gasteiger partial charge < -0.3 is 5.11 Å². The number of carboxylic acid groups (broad SMARTS) is 1. The van der Waals surface area contributed by atoms with E-state index in [1.165, 1.54) is 0 Å². The molecular formula is C12H13Cl2N3O2. The Morgan fingerprint density at radius 2 is 2.16 bits per heavy atom. The van der Waals surface area contributed by atoms with E-state index in [1.807, 2.05) is 6.92 Å². The van der Waals surface area contributed by atoms with Gasteiger partial charge in [-0.2, -0.15) is 5.01 Å². The van der Waals surface area contributed by atoms with E-state index in [0.29, 0.717) is 28.1 Å². The summed E-state index contributed by atoms with van der Waals surface area (Å²) in [6, 6.07) is 5.07. The van der Waals surface area contributed by atoms with Crippen LogP contribution in [0.2, 0.25) is 10.0 Å². The van der Waals surface area contributed by atoms with E-state index >= 15 is 0 Å². The van der Waals surface area contributed by atoms with E-state index in [4.69, 9.17) is 23.2 Å². The van der Waals surface area contributed by atoms with Gasteiger partial charge in [-0.25, -0.2) is 9.79 Å². The van der Waals surface area contributed by atoms with Crippen LogP contribution in [0.15, 0.2) is 23.2 Å². The minimum atomic E-state index is -0.992. The number of carbonyl (C=O) groups is 1. The van der Waals surface area contributed by atoms with Gasteiger partial charge in [0.05, 0.1) is 10.7 Å². The van der Waals surface area contributed by atoms with Gasteiger partial charge >= 0.3 is 5.97 Å². The zero-order valence-electron chi connectivity index (χ0n) is 10.5. The van der Waals surface area contributed by atoms with Crippen LogP contribution in [0.25, 0.3) is 0 Å². The van der Waals surface area contributed by atoms with Gasteiger partial charge in [0.25, 0.3) is 0 Å². The molecule has 1 atom stereocenters. The molecule has 1 aromatic rings.